The summed E-state index contributed by atoms with van der Waals surface area (Å²) in [7, 11) is 0. The third-order valence-electron chi connectivity index (χ3n) is 8.46. The number of nitrogens with one attached hydrogen (secondary N) is 2. The van der Waals surface area contributed by atoms with Gasteiger partial charge in [-0.1, -0.05) is 84.8 Å². The van der Waals surface area contributed by atoms with Crippen LogP contribution in [0.3, 0.4) is 0 Å². The van der Waals surface area contributed by atoms with Gasteiger partial charge in [0, 0.05) is 12.0 Å². The van der Waals surface area contributed by atoms with Crippen molar-refractivity contribution in [3.05, 3.63) is 143 Å². The number of carbonyl (C=O) groups is 2. The SMILES string of the molecule is O=C(Nc1ccc(C#CCCC2(C(=O)NCC(F)(F)F)c3ccccc3-c3ccccc32)nc1)c1ccccc1-c1ccc(C(F)(F)F)cc1. The van der Waals surface area contributed by atoms with Gasteiger partial charge in [0.2, 0.25) is 5.91 Å². The number of fused-ring (bicyclic) bond motifs is 3. The molecule has 6 rings (SSSR count). The van der Waals surface area contributed by atoms with Crippen LogP contribution in [0, 0.1) is 11.8 Å². The molecule has 0 saturated heterocycles. The van der Waals surface area contributed by atoms with E-state index in [4.69, 9.17) is 0 Å². The number of pyridine rings is 1. The maximum absolute atomic E-state index is 13.6. The monoisotopic (exact) mass is 683 g/mol. The first-order valence-electron chi connectivity index (χ1n) is 15.4. The highest BCUT2D eigenvalue weighted by Crippen LogP contribution is 2.51. The summed E-state index contributed by atoms with van der Waals surface area (Å²) in [5, 5.41) is 4.84. The number of aromatic nitrogens is 1. The lowest BCUT2D eigenvalue weighted by atomic mass is 9.73. The van der Waals surface area contributed by atoms with Crippen LogP contribution in [0.4, 0.5) is 32.0 Å². The highest BCUT2D eigenvalue weighted by molar-refractivity contribution is 6.08. The maximum atomic E-state index is 13.6. The molecule has 0 bridgehead atoms. The number of amides is 2. The fourth-order valence-electron chi connectivity index (χ4n) is 6.20. The predicted octanol–water partition coefficient (Wildman–Crippen LogP) is 8.80. The van der Waals surface area contributed by atoms with Crippen LogP contribution in [0.25, 0.3) is 22.3 Å². The summed E-state index contributed by atoms with van der Waals surface area (Å²) in [6, 6.07) is 28.6. The number of nitrogens with zero attached hydrogens (tertiary/aromatic N) is 1. The van der Waals surface area contributed by atoms with E-state index in [1.807, 2.05) is 24.3 Å². The van der Waals surface area contributed by atoms with Crippen LogP contribution in [-0.2, 0) is 16.4 Å². The predicted molar refractivity (Wildman–Crippen MR) is 177 cm³/mol. The Morgan fingerprint density at radius 2 is 1.32 bits per heavy atom. The summed E-state index contributed by atoms with van der Waals surface area (Å²) in [5.74, 6) is 4.67. The third kappa shape index (κ3) is 6.96. The molecule has 1 aromatic heterocycles. The van der Waals surface area contributed by atoms with E-state index in [2.05, 4.69) is 27.5 Å². The molecule has 0 saturated carbocycles. The minimum Gasteiger partial charge on any atom is -0.346 e. The molecule has 5 aromatic rings. The van der Waals surface area contributed by atoms with Gasteiger partial charge in [-0.15, -0.1) is 0 Å². The minimum absolute atomic E-state index is 0.115. The van der Waals surface area contributed by atoms with Crippen LogP contribution in [0.5, 0.6) is 0 Å². The standard InChI is InChI=1S/C39H27F6N3O2/c40-38(41,42)24-47-36(50)37(33-14-5-3-11-30(33)31-12-4-6-15-34(31)37)22-8-7-9-27-20-21-28(23-46-27)48-35(49)32-13-2-1-10-29(32)25-16-18-26(19-17-25)39(43,44)45/h1-6,10-21,23H,8,22,24H2,(H,47,50)(H,48,49). The van der Waals surface area contributed by atoms with Crippen LogP contribution in [-0.4, -0.2) is 29.5 Å². The van der Waals surface area contributed by atoms with Gasteiger partial charge in [0.15, 0.2) is 0 Å². The second-order valence-corrected chi connectivity index (χ2v) is 11.6. The molecule has 0 fully saturated rings. The Hall–Kier alpha value is -5.89. The van der Waals surface area contributed by atoms with Crippen molar-refractivity contribution < 1.29 is 35.9 Å². The number of anilines is 1. The Morgan fingerprint density at radius 1 is 0.720 bits per heavy atom. The lowest BCUT2D eigenvalue weighted by Gasteiger charge is -2.30. The molecule has 0 unspecified atom stereocenters. The minimum atomic E-state index is -4.58. The number of alkyl halides is 6. The highest BCUT2D eigenvalue weighted by atomic mass is 19.4. The van der Waals surface area contributed by atoms with Gasteiger partial charge in [-0.3, -0.25) is 9.59 Å². The largest absolute Gasteiger partial charge is 0.416 e. The Morgan fingerprint density at radius 3 is 1.90 bits per heavy atom. The molecule has 50 heavy (non-hydrogen) atoms. The zero-order valence-corrected chi connectivity index (χ0v) is 26.1. The topological polar surface area (TPSA) is 71.1 Å². The molecular weight excluding hydrogens is 656 g/mol. The first kappa shape index (κ1) is 34.0. The quantitative estimate of drug-likeness (QED) is 0.133. The van der Waals surface area contributed by atoms with E-state index in [9.17, 15) is 35.9 Å². The van der Waals surface area contributed by atoms with Crippen LogP contribution in [0.15, 0.2) is 115 Å². The average molecular weight is 684 g/mol. The van der Waals surface area contributed by atoms with Crippen molar-refractivity contribution in [1.82, 2.24) is 10.3 Å². The van der Waals surface area contributed by atoms with Gasteiger partial charge in [0.1, 0.15) is 17.7 Å². The van der Waals surface area contributed by atoms with Gasteiger partial charge in [-0.25, -0.2) is 4.98 Å². The second kappa shape index (κ2) is 13.6. The summed E-state index contributed by atoms with van der Waals surface area (Å²) in [5.41, 5.74) is 2.45. The molecule has 0 spiro atoms. The number of rotatable bonds is 7. The normalized spacial score (nSPS) is 13.0. The smallest absolute Gasteiger partial charge is 0.346 e. The van der Waals surface area contributed by atoms with Crippen molar-refractivity contribution in [1.29, 1.82) is 0 Å². The van der Waals surface area contributed by atoms with Gasteiger partial charge in [-0.2, -0.15) is 26.3 Å². The van der Waals surface area contributed by atoms with E-state index in [0.717, 1.165) is 23.3 Å². The second-order valence-electron chi connectivity index (χ2n) is 11.6. The van der Waals surface area contributed by atoms with E-state index in [1.54, 1.807) is 60.7 Å². The van der Waals surface area contributed by atoms with Crippen molar-refractivity contribution in [3.63, 3.8) is 0 Å². The first-order valence-corrected chi connectivity index (χ1v) is 15.4. The Bertz CT molecular complexity index is 2070. The molecule has 11 heteroatoms. The molecule has 4 aromatic carbocycles. The summed E-state index contributed by atoms with van der Waals surface area (Å²) in [4.78, 5) is 31.1. The Labute approximate surface area is 283 Å². The molecule has 5 nitrogen and oxygen atoms in total. The molecule has 2 N–H and O–H groups in total. The molecule has 0 aliphatic heterocycles. The molecule has 2 amide bonds. The van der Waals surface area contributed by atoms with E-state index < -0.39 is 41.7 Å². The van der Waals surface area contributed by atoms with Crippen LogP contribution in [0.1, 0.15) is 45.6 Å². The van der Waals surface area contributed by atoms with Crippen molar-refractivity contribution in [2.45, 2.75) is 30.6 Å². The van der Waals surface area contributed by atoms with E-state index in [0.29, 0.717) is 33.6 Å². The third-order valence-corrected chi connectivity index (χ3v) is 8.46. The molecule has 1 heterocycles. The average Bonchev–Trinajstić information content (AvgIpc) is 3.39. The molecular formula is C39H27F6N3O2. The van der Waals surface area contributed by atoms with Gasteiger partial charge in [0.25, 0.3) is 5.91 Å². The summed E-state index contributed by atoms with van der Waals surface area (Å²) in [6.45, 7) is -1.46. The van der Waals surface area contributed by atoms with E-state index in [-0.39, 0.29) is 18.4 Å². The molecule has 0 radical (unpaired) electrons. The zero-order chi connectivity index (χ0) is 35.5. The van der Waals surface area contributed by atoms with Gasteiger partial charge < -0.3 is 10.6 Å². The summed E-state index contributed by atoms with van der Waals surface area (Å²) in [6.07, 6.45) is -7.39. The number of benzene rings is 4. The summed E-state index contributed by atoms with van der Waals surface area (Å²) < 4.78 is 78.5. The number of hydrogen-bond acceptors (Lipinski definition) is 3. The van der Waals surface area contributed by atoms with Crippen LogP contribution in [0.2, 0.25) is 0 Å². The molecule has 1 aliphatic carbocycles. The molecule has 1 aliphatic rings. The zero-order valence-electron chi connectivity index (χ0n) is 26.1. The molecule has 0 atom stereocenters. The Kier molecular flexibility index (Phi) is 9.21. The number of halogens is 6. The van der Waals surface area contributed by atoms with E-state index in [1.165, 1.54) is 18.3 Å². The fourth-order valence-corrected chi connectivity index (χ4v) is 6.20. The lowest BCUT2D eigenvalue weighted by Crippen LogP contribution is -2.47. The lowest BCUT2D eigenvalue weighted by molar-refractivity contribution is -0.141. The van der Waals surface area contributed by atoms with Crippen LogP contribution >= 0.6 is 0 Å². The first-order chi connectivity index (χ1) is 23.9. The Balaban J connectivity index is 1.17. The number of hydrogen-bond donors (Lipinski definition) is 2. The van der Waals surface area contributed by atoms with Crippen molar-refractivity contribution in [2.24, 2.45) is 0 Å². The summed E-state index contributed by atoms with van der Waals surface area (Å²) >= 11 is 0. The fraction of sp³-hybridized carbons (Fsp3) is 0.154. The van der Waals surface area contributed by atoms with E-state index >= 15 is 0 Å². The number of carbonyl (C=O) groups excluding carboxylic acids is 2. The van der Waals surface area contributed by atoms with Crippen molar-refractivity contribution >= 4 is 17.5 Å². The van der Waals surface area contributed by atoms with Crippen molar-refractivity contribution in [3.8, 4) is 34.1 Å². The van der Waals surface area contributed by atoms with Crippen molar-refractivity contribution in [2.75, 3.05) is 11.9 Å². The van der Waals surface area contributed by atoms with Gasteiger partial charge in [0.05, 0.1) is 17.4 Å². The van der Waals surface area contributed by atoms with Crippen LogP contribution < -0.4 is 10.6 Å². The van der Waals surface area contributed by atoms with Gasteiger partial charge >= 0.3 is 12.4 Å². The van der Waals surface area contributed by atoms with Gasteiger partial charge in [-0.05, 0) is 76.1 Å². The highest BCUT2D eigenvalue weighted by Gasteiger charge is 2.49. The molecule has 252 valence electrons. The maximum Gasteiger partial charge on any atom is 0.416 e.